The summed E-state index contributed by atoms with van der Waals surface area (Å²) in [6, 6.07) is 12.7. The third-order valence-corrected chi connectivity index (χ3v) is 4.61. The van der Waals surface area contributed by atoms with Crippen LogP contribution in [0.1, 0.15) is 49.5 Å². The third kappa shape index (κ3) is 8.45. The highest BCUT2D eigenvalue weighted by molar-refractivity contribution is 7.80. The molecule has 2 rings (SSSR count). The molecule has 0 aromatic heterocycles. The number of nitrogens with one attached hydrogen (secondary N) is 2. The van der Waals surface area contributed by atoms with Crippen molar-refractivity contribution in [1.82, 2.24) is 10.6 Å². The molecular weight excluding hydrogens is 412 g/mol. The van der Waals surface area contributed by atoms with Crippen molar-refractivity contribution in [1.29, 1.82) is 0 Å². The van der Waals surface area contributed by atoms with Gasteiger partial charge in [-0.05, 0) is 66.5 Å². The number of carbonyl (C=O) groups is 1. The molecule has 0 saturated carbocycles. The zero-order valence-electron chi connectivity index (χ0n) is 18.7. The van der Waals surface area contributed by atoms with Gasteiger partial charge in [0.05, 0.1) is 20.3 Å². The van der Waals surface area contributed by atoms with Crippen molar-refractivity contribution in [2.75, 3.05) is 20.3 Å². The van der Waals surface area contributed by atoms with Crippen molar-refractivity contribution in [2.24, 2.45) is 5.92 Å². The normalized spacial score (nSPS) is 10.5. The van der Waals surface area contributed by atoms with Crippen LogP contribution in [0.15, 0.2) is 42.5 Å². The van der Waals surface area contributed by atoms with Crippen LogP contribution < -0.4 is 24.8 Å². The summed E-state index contributed by atoms with van der Waals surface area (Å²) in [5.74, 6) is 2.30. The van der Waals surface area contributed by atoms with Gasteiger partial charge in [-0.25, -0.2) is 0 Å². The molecule has 0 aliphatic carbocycles. The fourth-order valence-electron chi connectivity index (χ4n) is 2.63. The summed E-state index contributed by atoms with van der Waals surface area (Å²) in [4.78, 5) is 12.4. The van der Waals surface area contributed by atoms with Crippen molar-refractivity contribution >= 4 is 23.2 Å². The fourth-order valence-corrected chi connectivity index (χ4v) is 2.80. The predicted octanol–water partition coefficient (Wildman–Crippen LogP) is 4.71. The molecule has 0 bridgehead atoms. The van der Waals surface area contributed by atoms with Gasteiger partial charge in [0.1, 0.15) is 5.75 Å². The van der Waals surface area contributed by atoms with Gasteiger partial charge in [-0.3, -0.25) is 10.1 Å². The van der Waals surface area contributed by atoms with Gasteiger partial charge in [0.2, 0.25) is 0 Å². The Labute approximate surface area is 190 Å². The molecule has 0 saturated heterocycles. The van der Waals surface area contributed by atoms with E-state index in [1.807, 2.05) is 18.2 Å². The molecule has 31 heavy (non-hydrogen) atoms. The second-order valence-electron chi connectivity index (χ2n) is 7.55. The van der Waals surface area contributed by atoms with Gasteiger partial charge in [0.15, 0.2) is 16.6 Å². The molecule has 0 radical (unpaired) electrons. The van der Waals surface area contributed by atoms with Crippen LogP contribution in [0.25, 0.3) is 0 Å². The minimum absolute atomic E-state index is 0.257. The van der Waals surface area contributed by atoms with E-state index >= 15 is 0 Å². The molecular formula is C24H32N2O4S. The summed E-state index contributed by atoms with van der Waals surface area (Å²) in [6.45, 7) is 8.03. The maximum absolute atomic E-state index is 12.4. The van der Waals surface area contributed by atoms with Crippen LogP contribution in [0.4, 0.5) is 0 Å². The van der Waals surface area contributed by atoms with Gasteiger partial charge in [-0.1, -0.05) is 33.3 Å². The van der Waals surface area contributed by atoms with Crippen molar-refractivity contribution in [2.45, 2.75) is 40.2 Å². The van der Waals surface area contributed by atoms with Gasteiger partial charge in [-0.2, -0.15) is 0 Å². The summed E-state index contributed by atoms with van der Waals surface area (Å²) in [5.41, 5.74) is 1.47. The quantitative estimate of drug-likeness (QED) is 0.386. The highest BCUT2D eigenvalue weighted by Crippen LogP contribution is 2.28. The van der Waals surface area contributed by atoms with E-state index in [4.69, 9.17) is 26.4 Å². The van der Waals surface area contributed by atoms with Crippen LogP contribution in [0.3, 0.4) is 0 Å². The number of hydrogen-bond donors (Lipinski definition) is 2. The fraction of sp³-hybridized carbons (Fsp3) is 0.417. The number of thiocarbonyl (C=S) groups is 1. The van der Waals surface area contributed by atoms with Crippen molar-refractivity contribution in [3.05, 3.63) is 53.6 Å². The third-order valence-electron chi connectivity index (χ3n) is 4.36. The second-order valence-corrected chi connectivity index (χ2v) is 7.96. The Kier molecular flexibility index (Phi) is 10.1. The van der Waals surface area contributed by atoms with Gasteiger partial charge < -0.3 is 19.5 Å². The lowest BCUT2D eigenvalue weighted by molar-refractivity contribution is 0.0976. The van der Waals surface area contributed by atoms with E-state index in [-0.39, 0.29) is 11.0 Å². The number of unbranched alkanes of at least 4 members (excludes halogenated alkanes) is 1. The Morgan fingerprint density at radius 1 is 1.06 bits per heavy atom. The minimum atomic E-state index is -0.273. The van der Waals surface area contributed by atoms with Gasteiger partial charge in [0, 0.05) is 12.1 Å². The first kappa shape index (κ1) is 24.5. The van der Waals surface area contributed by atoms with Crippen LogP contribution >= 0.6 is 12.2 Å². The molecule has 0 aliphatic rings. The minimum Gasteiger partial charge on any atom is -0.493 e. The number of methoxy groups -OCH3 is 1. The Morgan fingerprint density at radius 2 is 1.81 bits per heavy atom. The maximum Gasteiger partial charge on any atom is 0.257 e. The van der Waals surface area contributed by atoms with Gasteiger partial charge >= 0.3 is 0 Å². The Hall–Kier alpha value is -2.80. The van der Waals surface area contributed by atoms with Crippen LogP contribution in [0, 0.1) is 5.92 Å². The first-order valence-corrected chi connectivity index (χ1v) is 11.0. The first-order chi connectivity index (χ1) is 14.9. The zero-order valence-corrected chi connectivity index (χ0v) is 19.5. The average molecular weight is 445 g/mol. The first-order valence-electron chi connectivity index (χ1n) is 10.5. The van der Waals surface area contributed by atoms with Crippen LogP contribution in [0.5, 0.6) is 17.2 Å². The molecule has 2 N–H and O–H groups in total. The van der Waals surface area contributed by atoms with Crippen LogP contribution in [-0.4, -0.2) is 31.3 Å². The maximum atomic E-state index is 12.4. The zero-order chi connectivity index (χ0) is 22.6. The molecule has 2 aromatic carbocycles. The summed E-state index contributed by atoms with van der Waals surface area (Å²) in [7, 11) is 1.61. The Morgan fingerprint density at radius 3 is 2.45 bits per heavy atom. The predicted molar refractivity (Wildman–Crippen MR) is 127 cm³/mol. The number of benzene rings is 2. The number of amides is 1. The summed E-state index contributed by atoms with van der Waals surface area (Å²) < 4.78 is 16.8. The smallest absolute Gasteiger partial charge is 0.257 e. The van der Waals surface area contributed by atoms with Gasteiger partial charge in [0.25, 0.3) is 5.91 Å². The largest absolute Gasteiger partial charge is 0.493 e. The lowest BCUT2D eigenvalue weighted by Crippen LogP contribution is -2.38. The van der Waals surface area contributed by atoms with Crippen LogP contribution in [-0.2, 0) is 6.54 Å². The molecule has 0 aliphatic heterocycles. The number of hydrogen-bond acceptors (Lipinski definition) is 5. The van der Waals surface area contributed by atoms with E-state index < -0.39 is 0 Å². The van der Waals surface area contributed by atoms with E-state index in [1.54, 1.807) is 31.4 Å². The molecule has 0 atom stereocenters. The molecule has 0 heterocycles. The lowest BCUT2D eigenvalue weighted by Gasteiger charge is -2.13. The summed E-state index contributed by atoms with van der Waals surface area (Å²) >= 11 is 5.26. The SMILES string of the molecule is CCCCOc1ccc(CNC(=S)NC(=O)c2ccc(OCC(C)C)cc2)cc1OC. The molecule has 168 valence electrons. The van der Waals surface area contributed by atoms with Crippen molar-refractivity contribution in [3.8, 4) is 17.2 Å². The Bertz CT molecular complexity index is 853. The van der Waals surface area contributed by atoms with Crippen molar-refractivity contribution in [3.63, 3.8) is 0 Å². The van der Waals surface area contributed by atoms with Crippen molar-refractivity contribution < 1.29 is 19.0 Å². The molecule has 0 fully saturated rings. The van der Waals surface area contributed by atoms with Crippen LogP contribution in [0.2, 0.25) is 0 Å². The van der Waals surface area contributed by atoms with E-state index in [2.05, 4.69) is 31.4 Å². The lowest BCUT2D eigenvalue weighted by atomic mass is 10.2. The topological polar surface area (TPSA) is 68.8 Å². The molecule has 0 unspecified atom stereocenters. The van der Waals surface area contributed by atoms with E-state index in [0.717, 1.165) is 29.9 Å². The monoisotopic (exact) mass is 444 g/mol. The number of ether oxygens (including phenoxy) is 3. The summed E-state index contributed by atoms with van der Waals surface area (Å²) in [6.07, 6.45) is 2.07. The standard InChI is InChI=1S/C24H32N2O4S/c1-5-6-13-29-21-12-7-18(14-22(21)28-4)15-25-24(31)26-23(27)19-8-10-20(11-9-19)30-16-17(2)3/h7-12,14,17H,5-6,13,15-16H2,1-4H3,(H2,25,26,27,31). The molecule has 1 amide bonds. The highest BCUT2D eigenvalue weighted by Gasteiger charge is 2.10. The molecule has 7 heteroatoms. The van der Waals surface area contributed by atoms with E-state index in [1.165, 1.54) is 0 Å². The molecule has 0 spiro atoms. The number of rotatable bonds is 11. The summed E-state index contributed by atoms with van der Waals surface area (Å²) in [5, 5.41) is 6.00. The molecule has 6 nitrogen and oxygen atoms in total. The highest BCUT2D eigenvalue weighted by atomic mass is 32.1. The van der Waals surface area contributed by atoms with E-state index in [0.29, 0.717) is 37.0 Å². The van der Waals surface area contributed by atoms with Gasteiger partial charge in [-0.15, -0.1) is 0 Å². The second kappa shape index (κ2) is 12.8. The Balaban J connectivity index is 1.85. The molecule has 2 aromatic rings. The van der Waals surface area contributed by atoms with E-state index in [9.17, 15) is 4.79 Å². The average Bonchev–Trinajstić information content (AvgIpc) is 2.77. The number of carbonyl (C=O) groups excluding carboxylic acids is 1.